The van der Waals surface area contributed by atoms with E-state index in [9.17, 15) is 13.2 Å². The van der Waals surface area contributed by atoms with Crippen molar-refractivity contribution in [2.24, 2.45) is 0 Å². The van der Waals surface area contributed by atoms with Crippen LogP contribution in [0.15, 0.2) is 24.3 Å². The maximum absolute atomic E-state index is 13.3. The van der Waals surface area contributed by atoms with Crippen molar-refractivity contribution in [2.75, 3.05) is 33.2 Å². The van der Waals surface area contributed by atoms with Gasteiger partial charge >= 0.3 is 6.18 Å². The highest BCUT2D eigenvalue weighted by atomic mass is 19.4. The Kier molecular flexibility index (Phi) is 5.27. The van der Waals surface area contributed by atoms with Crippen molar-refractivity contribution >= 4 is 0 Å². The van der Waals surface area contributed by atoms with Crippen molar-refractivity contribution in [3.8, 4) is 0 Å². The van der Waals surface area contributed by atoms with E-state index in [1.54, 1.807) is 10.7 Å². The molecule has 0 bridgehead atoms. The molecule has 1 aliphatic heterocycles. The van der Waals surface area contributed by atoms with Gasteiger partial charge in [-0.15, -0.1) is 5.10 Å². The molecular formula is C18H25F3N6. The third kappa shape index (κ3) is 4.30. The standard InChI is InChI=1S/C18H25F3N6/c1-17(2,3)27-16(22-23-24-27)15(26-10-8-25(4)9-11-26)13-6-5-7-14(12-13)18(19,20)21/h5-7,12,15H,8-11H2,1-4H3/t15-/m1/s1. The molecule has 148 valence electrons. The van der Waals surface area contributed by atoms with Crippen LogP contribution in [0.3, 0.4) is 0 Å². The average molecular weight is 382 g/mol. The van der Waals surface area contributed by atoms with Gasteiger partial charge in [0.05, 0.1) is 17.1 Å². The normalized spacial score (nSPS) is 18.6. The number of hydrogen-bond acceptors (Lipinski definition) is 5. The third-order valence-electron chi connectivity index (χ3n) is 4.81. The highest BCUT2D eigenvalue weighted by molar-refractivity contribution is 5.31. The van der Waals surface area contributed by atoms with Crippen LogP contribution in [0.2, 0.25) is 0 Å². The molecule has 0 aliphatic carbocycles. The van der Waals surface area contributed by atoms with Crippen LogP contribution in [0.4, 0.5) is 13.2 Å². The number of nitrogens with zero attached hydrogens (tertiary/aromatic N) is 6. The van der Waals surface area contributed by atoms with Crippen LogP contribution in [0, 0.1) is 0 Å². The molecule has 0 radical (unpaired) electrons. The number of likely N-dealkylation sites (N-methyl/N-ethyl adjacent to an activating group) is 1. The first-order valence-corrected chi connectivity index (χ1v) is 8.96. The molecule has 0 unspecified atom stereocenters. The summed E-state index contributed by atoms with van der Waals surface area (Å²) in [5.74, 6) is 0.561. The molecule has 0 amide bonds. The van der Waals surface area contributed by atoms with Gasteiger partial charge in [-0.3, -0.25) is 4.90 Å². The van der Waals surface area contributed by atoms with E-state index in [1.807, 2.05) is 27.8 Å². The number of rotatable bonds is 3. The Bertz CT molecular complexity index is 772. The van der Waals surface area contributed by atoms with Crippen LogP contribution in [-0.4, -0.2) is 63.2 Å². The van der Waals surface area contributed by atoms with Crippen molar-refractivity contribution < 1.29 is 13.2 Å². The maximum Gasteiger partial charge on any atom is 0.416 e. The maximum atomic E-state index is 13.3. The van der Waals surface area contributed by atoms with Crippen molar-refractivity contribution in [3.05, 3.63) is 41.2 Å². The van der Waals surface area contributed by atoms with Crippen LogP contribution in [0.25, 0.3) is 0 Å². The minimum absolute atomic E-state index is 0.384. The Morgan fingerprint density at radius 1 is 1.04 bits per heavy atom. The summed E-state index contributed by atoms with van der Waals surface area (Å²) >= 11 is 0. The Hall–Kier alpha value is -2.00. The van der Waals surface area contributed by atoms with Gasteiger partial charge in [-0.25, -0.2) is 4.68 Å². The van der Waals surface area contributed by atoms with E-state index in [2.05, 4.69) is 25.3 Å². The summed E-state index contributed by atoms with van der Waals surface area (Å²) in [4.78, 5) is 4.36. The van der Waals surface area contributed by atoms with Crippen LogP contribution < -0.4 is 0 Å². The smallest absolute Gasteiger partial charge is 0.304 e. The number of alkyl halides is 3. The molecule has 1 saturated heterocycles. The van der Waals surface area contributed by atoms with E-state index >= 15 is 0 Å². The number of piperazine rings is 1. The molecule has 1 aromatic heterocycles. The van der Waals surface area contributed by atoms with E-state index < -0.39 is 17.8 Å². The lowest BCUT2D eigenvalue weighted by Crippen LogP contribution is -2.47. The summed E-state index contributed by atoms with van der Waals surface area (Å²) in [7, 11) is 2.04. The van der Waals surface area contributed by atoms with Gasteiger partial charge in [-0.05, 0) is 55.9 Å². The van der Waals surface area contributed by atoms with E-state index in [1.165, 1.54) is 12.1 Å². The van der Waals surface area contributed by atoms with Crippen LogP contribution >= 0.6 is 0 Å². The number of benzene rings is 1. The fraction of sp³-hybridized carbons (Fsp3) is 0.611. The summed E-state index contributed by atoms with van der Waals surface area (Å²) < 4.78 is 41.5. The first kappa shape index (κ1) is 19.8. The number of aromatic nitrogens is 4. The summed E-state index contributed by atoms with van der Waals surface area (Å²) in [5.41, 5.74) is -0.491. The highest BCUT2D eigenvalue weighted by Gasteiger charge is 2.35. The third-order valence-corrected chi connectivity index (χ3v) is 4.81. The second kappa shape index (κ2) is 7.20. The van der Waals surface area contributed by atoms with Crippen molar-refractivity contribution in [2.45, 2.75) is 38.5 Å². The molecular weight excluding hydrogens is 357 g/mol. The van der Waals surface area contributed by atoms with Gasteiger partial charge in [0.15, 0.2) is 5.82 Å². The Morgan fingerprint density at radius 3 is 2.30 bits per heavy atom. The molecule has 1 aromatic carbocycles. The van der Waals surface area contributed by atoms with Gasteiger partial charge < -0.3 is 4.90 Å². The van der Waals surface area contributed by atoms with Crippen LogP contribution in [0.1, 0.15) is 43.8 Å². The summed E-state index contributed by atoms with van der Waals surface area (Å²) in [6.07, 6.45) is -4.39. The summed E-state index contributed by atoms with van der Waals surface area (Å²) in [6, 6.07) is 5.05. The molecule has 1 fully saturated rings. The fourth-order valence-electron chi connectivity index (χ4n) is 3.33. The largest absolute Gasteiger partial charge is 0.416 e. The summed E-state index contributed by atoms with van der Waals surface area (Å²) in [5, 5.41) is 12.1. The predicted octanol–water partition coefficient (Wildman–Crippen LogP) is 2.78. The minimum atomic E-state index is -4.39. The molecule has 3 rings (SSSR count). The molecule has 6 nitrogen and oxygen atoms in total. The molecule has 1 aliphatic rings. The van der Waals surface area contributed by atoms with E-state index in [0.717, 1.165) is 32.2 Å². The van der Waals surface area contributed by atoms with Crippen LogP contribution in [-0.2, 0) is 11.7 Å². The zero-order valence-electron chi connectivity index (χ0n) is 16.0. The van der Waals surface area contributed by atoms with Crippen molar-refractivity contribution in [1.82, 2.24) is 30.0 Å². The van der Waals surface area contributed by atoms with Crippen molar-refractivity contribution in [3.63, 3.8) is 0 Å². The van der Waals surface area contributed by atoms with Gasteiger partial charge in [-0.2, -0.15) is 13.2 Å². The molecule has 0 N–H and O–H groups in total. The second-order valence-electron chi connectivity index (χ2n) is 7.98. The number of hydrogen-bond donors (Lipinski definition) is 0. The zero-order chi connectivity index (χ0) is 19.8. The second-order valence-corrected chi connectivity index (χ2v) is 7.98. The lowest BCUT2D eigenvalue weighted by molar-refractivity contribution is -0.137. The van der Waals surface area contributed by atoms with Crippen LogP contribution in [0.5, 0.6) is 0 Å². The van der Waals surface area contributed by atoms with E-state index in [-0.39, 0.29) is 5.54 Å². The molecule has 1 atom stereocenters. The van der Waals surface area contributed by atoms with Gasteiger partial charge in [-0.1, -0.05) is 12.1 Å². The monoisotopic (exact) mass is 382 g/mol. The topological polar surface area (TPSA) is 50.1 Å². The quantitative estimate of drug-likeness (QED) is 0.817. The number of halogens is 3. The lowest BCUT2D eigenvalue weighted by atomic mass is 9.99. The fourth-order valence-corrected chi connectivity index (χ4v) is 3.33. The zero-order valence-corrected chi connectivity index (χ0v) is 16.0. The molecule has 0 spiro atoms. The molecule has 2 heterocycles. The Labute approximate surface area is 156 Å². The molecule has 0 saturated carbocycles. The van der Waals surface area contributed by atoms with Gasteiger partial charge in [0, 0.05) is 26.2 Å². The Morgan fingerprint density at radius 2 is 1.70 bits per heavy atom. The first-order chi connectivity index (χ1) is 12.6. The highest BCUT2D eigenvalue weighted by Crippen LogP contribution is 2.35. The summed E-state index contributed by atoms with van der Waals surface area (Å²) in [6.45, 7) is 9.06. The SMILES string of the molecule is CN1CCN([C@H](c2cccc(C(F)(F)F)c2)c2nnnn2C(C)(C)C)CC1. The minimum Gasteiger partial charge on any atom is -0.304 e. The molecule has 9 heteroatoms. The lowest BCUT2D eigenvalue weighted by Gasteiger charge is -2.38. The first-order valence-electron chi connectivity index (χ1n) is 8.96. The van der Waals surface area contributed by atoms with Gasteiger partial charge in [0.2, 0.25) is 0 Å². The van der Waals surface area contributed by atoms with Gasteiger partial charge in [0.1, 0.15) is 0 Å². The Balaban J connectivity index is 2.08. The van der Waals surface area contributed by atoms with E-state index in [0.29, 0.717) is 11.4 Å². The molecule has 27 heavy (non-hydrogen) atoms. The molecule has 2 aromatic rings. The predicted molar refractivity (Wildman–Crippen MR) is 95.2 cm³/mol. The van der Waals surface area contributed by atoms with E-state index in [4.69, 9.17) is 0 Å². The number of tetrazole rings is 1. The average Bonchev–Trinajstić information content (AvgIpc) is 3.06. The van der Waals surface area contributed by atoms with Crippen molar-refractivity contribution in [1.29, 1.82) is 0 Å². The van der Waals surface area contributed by atoms with Gasteiger partial charge in [0.25, 0.3) is 0 Å².